The van der Waals surface area contributed by atoms with Crippen LogP contribution in [0.5, 0.6) is 5.75 Å². The van der Waals surface area contributed by atoms with Crippen molar-refractivity contribution in [3.05, 3.63) is 53.6 Å². The fraction of sp³-hybridized carbons (Fsp3) is 0.350. The maximum Gasteiger partial charge on any atom is 0.303 e. The monoisotopic (exact) mass is 312 g/mol. The van der Waals surface area contributed by atoms with Gasteiger partial charge in [-0.2, -0.15) is 0 Å². The van der Waals surface area contributed by atoms with Crippen molar-refractivity contribution in [3.63, 3.8) is 0 Å². The van der Waals surface area contributed by atoms with Crippen molar-refractivity contribution in [1.82, 2.24) is 0 Å². The van der Waals surface area contributed by atoms with Crippen LogP contribution >= 0.6 is 0 Å². The standard InChI is InChI=1S/C20H24O3/c1-20(2,3)19-15(10-13-18(21)22)6-5-7-17(19)14-8-11-16(23-4)12-9-14/h5-9,11-12H,10,13H2,1-4H3,(H,21,22). The van der Waals surface area contributed by atoms with Crippen LogP contribution in [-0.2, 0) is 16.6 Å². The number of carboxylic acid groups (broad SMARTS) is 1. The van der Waals surface area contributed by atoms with E-state index in [-0.39, 0.29) is 11.8 Å². The van der Waals surface area contributed by atoms with Gasteiger partial charge in [-0.3, -0.25) is 4.79 Å². The lowest BCUT2D eigenvalue weighted by Crippen LogP contribution is -2.16. The molecule has 0 heterocycles. The summed E-state index contributed by atoms with van der Waals surface area (Å²) in [5.74, 6) is 0.0628. The van der Waals surface area contributed by atoms with Crippen molar-refractivity contribution < 1.29 is 14.6 Å². The summed E-state index contributed by atoms with van der Waals surface area (Å²) in [6.45, 7) is 6.50. The molecule has 23 heavy (non-hydrogen) atoms. The van der Waals surface area contributed by atoms with Crippen LogP contribution in [0.1, 0.15) is 38.3 Å². The van der Waals surface area contributed by atoms with Gasteiger partial charge in [0.1, 0.15) is 5.75 Å². The third kappa shape index (κ3) is 4.13. The SMILES string of the molecule is COc1ccc(-c2cccc(CCC(=O)O)c2C(C)(C)C)cc1. The van der Waals surface area contributed by atoms with Gasteiger partial charge in [0.25, 0.3) is 0 Å². The molecule has 0 saturated heterocycles. The largest absolute Gasteiger partial charge is 0.497 e. The number of carbonyl (C=O) groups is 1. The smallest absolute Gasteiger partial charge is 0.303 e. The summed E-state index contributed by atoms with van der Waals surface area (Å²) >= 11 is 0. The van der Waals surface area contributed by atoms with E-state index in [9.17, 15) is 4.79 Å². The summed E-state index contributed by atoms with van der Waals surface area (Å²) < 4.78 is 5.23. The zero-order chi connectivity index (χ0) is 17.0. The third-order valence-electron chi connectivity index (χ3n) is 3.91. The maximum atomic E-state index is 10.9. The van der Waals surface area contributed by atoms with Gasteiger partial charge in [-0.25, -0.2) is 0 Å². The topological polar surface area (TPSA) is 46.5 Å². The molecule has 0 saturated carbocycles. The Hall–Kier alpha value is -2.29. The van der Waals surface area contributed by atoms with Gasteiger partial charge in [0, 0.05) is 6.42 Å². The molecule has 0 aliphatic heterocycles. The Labute approximate surface area is 137 Å². The third-order valence-corrected chi connectivity index (χ3v) is 3.91. The molecule has 0 radical (unpaired) electrons. The average molecular weight is 312 g/mol. The number of aryl methyl sites for hydroxylation is 1. The molecule has 0 unspecified atom stereocenters. The van der Waals surface area contributed by atoms with Crippen LogP contribution in [0.3, 0.4) is 0 Å². The fourth-order valence-electron chi connectivity index (χ4n) is 2.95. The second kappa shape index (κ2) is 6.86. The molecule has 1 N–H and O–H groups in total. The molecule has 2 aromatic rings. The van der Waals surface area contributed by atoms with Gasteiger partial charge in [0.15, 0.2) is 0 Å². The van der Waals surface area contributed by atoms with Gasteiger partial charge >= 0.3 is 5.97 Å². The van der Waals surface area contributed by atoms with Crippen LogP contribution < -0.4 is 4.74 Å². The number of carboxylic acids is 1. The molecule has 3 nitrogen and oxygen atoms in total. The Bertz CT molecular complexity index is 679. The van der Waals surface area contributed by atoms with Crippen LogP contribution in [0.2, 0.25) is 0 Å². The molecule has 0 aromatic heterocycles. The van der Waals surface area contributed by atoms with E-state index in [2.05, 4.69) is 26.8 Å². The van der Waals surface area contributed by atoms with Crippen LogP contribution in [0.25, 0.3) is 11.1 Å². The lowest BCUT2D eigenvalue weighted by Gasteiger charge is -2.27. The highest BCUT2D eigenvalue weighted by Gasteiger charge is 2.22. The van der Waals surface area contributed by atoms with Gasteiger partial charge in [-0.05, 0) is 46.2 Å². The fourth-order valence-corrected chi connectivity index (χ4v) is 2.95. The van der Waals surface area contributed by atoms with E-state index < -0.39 is 5.97 Å². The van der Waals surface area contributed by atoms with E-state index in [1.807, 2.05) is 36.4 Å². The lowest BCUT2D eigenvalue weighted by molar-refractivity contribution is -0.136. The summed E-state index contributed by atoms with van der Waals surface area (Å²) in [5.41, 5.74) is 4.53. The van der Waals surface area contributed by atoms with Crippen LogP contribution in [0.15, 0.2) is 42.5 Å². The Morgan fingerprint density at radius 2 is 1.74 bits per heavy atom. The second-order valence-electron chi connectivity index (χ2n) is 6.71. The minimum Gasteiger partial charge on any atom is -0.497 e. The van der Waals surface area contributed by atoms with E-state index >= 15 is 0 Å². The number of ether oxygens (including phenoxy) is 1. The molecule has 0 fully saturated rings. The van der Waals surface area contributed by atoms with Crippen molar-refractivity contribution in [2.24, 2.45) is 0 Å². The minimum absolute atomic E-state index is 0.0651. The number of methoxy groups -OCH3 is 1. The number of hydrogen-bond donors (Lipinski definition) is 1. The van der Waals surface area contributed by atoms with Crippen LogP contribution in [0.4, 0.5) is 0 Å². The summed E-state index contributed by atoms with van der Waals surface area (Å²) in [7, 11) is 1.65. The lowest BCUT2D eigenvalue weighted by atomic mass is 9.78. The van der Waals surface area contributed by atoms with E-state index in [1.54, 1.807) is 7.11 Å². The van der Waals surface area contributed by atoms with E-state index in [0.29, 0.717) is 6.42 Å². The molecule has 0 spiro atoms. The number of rotatable bonds is 5. The van der Waals surface area contributed by atoms with E-state index in [4.69, 9.17) is 9.84 Å². The molecular formula is C20H24O3. The summed E-state index contributed by atoms with van der Waals surface area (Å²) in [4.78, 5) is 10.9. The van der Waals surface area contributed by atoms with Crippen molar-refractivity contribution in [3.8, 4) is 16.9 Å². The Balaban J connectivity index is 2.53. The van der Waals surface area contributed by atoms with Gasteiger partial charge in [0.2, 0.25) is 0 Å². The molecule has 0 amide bonds. The van der Waals surface area contributed by atoms with E-state index in [0.717, 1.165) is 22.4 Å². The van der Waals surface area contributed by atoms with Gasteiger partial charge in [-0.1, -0.05) is 51.1 Å². The molecule has 3 heteroatoms. The zero-order valence-corrected chi connectivity index (χ0v) is 14.2. The predicted octanol–water partition coefficient (Wildman–Crippen LogP) is 4.68. The molecular weight excluding hydrogens is 288 g/mol. The molecule has 122 valence electrons. The van der Waals surface area contributed by atoms with E-state index in [1.165, 1.54) is 5.56 Å². The van der Waals surface area contributed by atoms with Crippen molar-refractivity contribution in [1.29, 1.82) is 0 Å². The highest BCUT2D eigenvalue weighted by Crippen LogP contribution is 2.36. The number of benzene rings is 2. The minimum atomic E-state index is -0.764. The zero-order valence-electron chi connectivity index (χ0n) is 14.2. The first-order valence-corrected chi connectivity index (χ1v) is 7.81. The van der Waals surface area contributed by atoms with Gasteiger partial charge in [0.05, 0.1) is 7.11 Å². The highest BCUT2D eigenvalue weighted by atomic mass is 16.5. The van der Waals surface area contributed by atoms with Gasteiger partial charge < -0.3 is 9.84 Å². The second-order valence-corrected chi connectivity index (χ2v) is 6.71. The molecule has 2 aromatic carbocycles. The molecule has 0 aliphatic rings. The Kier molecular flexibility index (Phi) is 5.09. The highest BCUT2D eigenvalue weighted by molar-refractivity contribution is 5.72. The first-order valence-electron chi connectivity index (χ1n) is 7.81. The molecule has 0 bridgehead atoms. The molecule has 0 atom stereocenters. The van der Waals surface area contributed by atoms with Crippen LogP contribution in [-0.4, -0.2) is 18.2 Å². The van der Waals surface area contributed by atoms with Crippen molar-refractivity contribution in [2.45, 2.75) is 39.0 Å². The first kappa shape index (κ1) is 17.1. The van der Waals surface area contributed by atoms with Crippen molar-refractivity contribution >= 4 is 5.97 Å². The number of hydrogen-bond acceptors (Lipinski definition) is 2. The first-order chi connectivity index (χ1) is 10.8. The Morgan fingerprint density at radius 1 is 1.09 bits per heavy atom. The molecule has 0 aliphatic carbocycles. The predicted molar refractivity (Wildman–Crippen MR) is 93.1 cm³/mol. The van der Waals surface area contributed by atoms with Crippen LogP contribution in [0, 0.1) is 0 Å². The Morgan fingerprint density at radius 3 is 2.26 bits per heavy atom. The summed E-state index contributed by atoms with van der Waals surface area (Å²) in [6, 6.07) is 14.1. The summed E-state index contributed by atoms with van der Waals surface area (Å²) in [5, 5.41) is 9.00. The normalized spacial score (nSPS) is 11.3. The van der Waals surface area contributed by atoms with Gasteiger partial charge in [-0.15, -0.1) is 0 Å². The summed E-state index contributed by atoms with van der Waals surface area (Å²) in [6.07, 6.45) is 0.696. The quantitative estimate of drug-likeness (QED) is 0.872. The average Bonchev–Trinajstić information content (AvgIpc) is 2.51. The number of aliphatic carboxylic acids is 1. The van der Waals surface area contributed by atoms with Crippen molar-refractivity contribution in [2.75, 3.05) is 7.11 Å². The molecule has 2 rings (SSSR count). The maximum absolute atomic E-state index is 10.9.